The zero-order valence-corrected chi connectivity index (χ0v) is 16.8. The molecule has 0 atom stereocenters. The topological polar surface area (TPSA) is 58.9 Å². The summed E-state index contributed by atoms with van der Waals surface area (Å²) >= 11 is 0. The summed E-state index contributed by atoms with van der Waals surface area (Å²) in [6, 6.07) is 7.77. The second-order valence-corrected chi connectivity index (χ2v) is 7.43. The molecule has 1 aliphatic heterocycles. The van der Waals surface area contributed by atoms with Gasteiger partial charge in [0.1, 0.15) is 0 Å². The molecule has 0 fully saturated rings. The zero-order valence-electron chi connectivity index (χ0n) is 16.8. The monoisotopic (exact) mass is 393 g/mol. The van der Waals surface area contributed by atoms with Crippen LogP contribution in [0.3, 0.4) is 0 Å². The molecule has 0 unspecified atom stereocenters. The molecule has 0 saturated carbocycles. The third kappa shape index (κ3) is 2.58. The Balaban J connectivity index is 1.84. The quantitative estimate of drug-likeness (QED) is 0.511. The van der Waals surface area contributed by atoms with Gasteiger partial charge in [0.25, 0.3) is 5.56 Å². The van der Waals surface area contributed by atoms with Crippen LogP contribution in [0.2, 0.25) is 0 Å². The highest BCUT2D eigenvalue weighted by molar-refractivity contribution is 5.95. The van der Waals surface area contributed by atoms with Crippen LogP contribution in [-0.2, 0) is 13.0 Å². The van der Waals surface area contributed by atoms with E-state index in [1.165, 1.54) is 0 Å². The number of hydrogen-bond acceptors (Lipinski definition) is 5. The normalized spacial score (nSPS) is 13.5. The molecule has 2 aromatic carbocycles. The van der Waals surface area contributed by atoms with Crippen LogP contribution >= 0.6 is 0 Å². The second-order valence-electron chi connectivity index (χ2n) is 7.43. The van der Waals surface area contributed by atoms with E-state index in [9.17, 15) is 4.79 Å². The molecule has 0 bridgehead atoms. The largest absolute Gasteiger partial charge is 0.493 e. The van der Waals surface area contributed by atoms with E-state index in [1.807, 2.05) is 22.8 Å². The van der Waals surface area contributed by atoms with Crippen LogP contribution in [0.4, 0.5) is 0 Å². The van der Waals surface area contributed by atoms with Crippen LogP contribution in [0.25, 0.3) is 22.0 Å². The lowest BCUT2D eigenvalue weighted by Gasteiger charge is -2.17. The molecule has 2 heterocycles. The fourth-order valence-corrected chi connectivity index (χ4v) is 4.40. The van der Waals surface area contributed by atoms with Crippen molar-refractivity contribution in [3.8, 4) is 34.3 Å². The smallest absolute Gasteiger partial charge is 0.259 e. The van der Waals surface area contributed by atoms with Gasteiger partial charge in [-0.25, -0.2) is 0 Å². The summed E-state index contributed by atoms with van der Waals surface area (Å²) in [5, 5.41) is 1.57. The maximum atomic E-state index is 13.5. The molecule has 3 aromatic rings. The minimum Gasteiger partial charge on any atom is -0.493 e. The van der Waals surface area contributed by atoms with Crippen molar-refractivity contribution in [3.63, 3.8) is 0 Å². The van der Waals surface area contributed by atoms with Crippen molar-refractivity contribution in [2.24, 2.45) is 0 Å². The van der Waals surface area contributed by atoms with Crippen LogP contribution in [0, 0.1) is 0 Å². The lowest BCUT2D eigenvalue weighted by atomic mass is 10.0. The maximum Gasteiger partial charge on any atom is 0.259 e. The first-order chi connectivity index (χ1) is 14.2. The number of rotatable bonds is 5. The number of fused-ring (bicyclic) bond motifs is 6. The first-order valence-electron chi connectivity index (χ1n) is 9.90. The minimum atomic E-state index is -0.00123. The summed E-state index contributed by atoms with van der Waals surface area (Å²) < 4.78 is 24.0. The Morgan fingerprint density at radius 2 is 1.69 bits per heavy atom. The van der Waals surface area contributed by atoms with Crippen LogP contribution in [0.15, 0.2) is 29.1 Å². The van der Waals surface area contributed by atoms with Gasteiger partial charge < -0.3 is 23.5 Å². The number of benzene rings is 2. The van der Waals surface area contributed by atoms with Crippen molar-refractivity contribution < 1.29 is 18.9 Å². The highest BCUT2D eigenvalue weighted by atomic mass is 16.7. The van der Waals surface area contributed by atoms with Gasteiger partial charge in [-0.1, -0.05) is 13.3 Å². The molecule has 29 heavy (non-hydrogen) atoms. The van der Waals surface area contributed by atoms with Crippen LogP contribution in [-0.4, -0.2) is 25.6 Å². The average Bonchev–Trinajstić information content (AvgIpc) is 3.35. The highest BCUT2D eigenvalue weighted by Crippen LogP contribution is 2.46. The summed E-state index contributed by atoms with van der Waals surface area (Å²) in [6.07, 6.45) is 2.68. The number of methoxy groups -OCH3 is 2. The van der Waals surface area contributed by atoms with E-state index < -0.39 is 0 Å². The molecule has 0 N–H and O–H groups in total. The number of hydrogen-bond donors (Lipinski definition) is 0. The average molecular weight is 393 g/mol. The van der Waals surface area contributed by atoms with Gasteiger partial charge >= 0.3 is 0 Å². The van der Waals surface area contributed by atoms with Crippen molar-refractivity contribution in [2.45, 2.75) is 32.7 Å². The van der Waals surface area contributed by atoms with Crippen LogP contribution in [0.1, 0.15) is 30.9 Å². The van der Waals surface area contributed by atoms with E-state index in [1.54, 1.807) is 20.3 Å². The van der Waals surface area contributed by atoms with Crippen LogP contribution in [0.5, 0.6) is 23.0 Å². The Morgan fingerprint density at radius 3 is 2.38 bits per heavy atom. The summed E-state index contributed by atoms with van der Waals surface area (Å²) in [5.41, 5.74) is 4.32. The standard InChI is InChI=1S/C23H23NO5/c1-4-5-6-24-22-14-9-21-20(28-12-29-21)8-13(14)7-16(22)15-10-18(26-2)19(27-3)11-17(15)23(24)25/h8-11H,4-7,12H2,1-3H3. The molecule has 0 radical (unpaired) electrons. The van der Waals surface area contributed by atoms with E-state index in [4.69, 9.17) is 18.9 Å². The number of aromatic nitrogens is 1. The Morgan fingerprint density at radius 1 is 1.00 bits per heavy atom. The number of pyridine rings is 1. The van der Waals surface area contributed by atoms with E-state index in [2.05, 4.69) is 6.92 Å². The molecule has 6 heteroatoms. The van der Waals surface area contributed by atoms with Gasteiger partial charge in [0.05, 0.1) is 25.3 Å². The highest BCUT2D eigenvalue weighted by Gasteiger charge is 2.30. The molecular weight excluding hydrogens is 370 g/mol. The Bertz CT molecular complexity index is 1190. The van der Waals surface area contributed by atoms with Gasteiger partial charge in [0.15, 0.2) is 23.0 Å². The van der Waals surface area contributed by atoms with Crippen molar-refractivity contribution in [2.75, 3.05) is 21.0 Å². The number of ether oxygens (including phenoxy) is 4. The molecule has 6 nitrogen and oxygen atoms in total. The Hall–Kier alpha value is -3.15. The predicted octanol–water partition coefficient (Wildman–Crippen LogP) is 4.12. The van der Waals surface area contributed by atoms with Gasteiger partial charge in [-0.15, -0.1) is 0 Å². The molecule has 0 spiro atoms. The third-order valence-electron chi connectivity index (χ3n) is 5.84. The van der Waals surface area contributed by atoms with E-state index in [-0.39, 0.29) is 12.4 Å². The summed E-state index contributed by atoms with van der Waals surface area (Å²) in [7, 11) is 3.20. The molecule has 2 aliphatic rings. The second kappa shape index (κ2) is 6.72. The Labute approximate surface area is 168 Å². The molecule has 0 amide bonds. The van der Waals surface area contributed by atoms with Crippen LogP contribution < -0.4 is 24.5 Å². The predicted molar refractivity (Wildman–Crippen MR) is 111 cm³/mol. The molecule has 150 valence electrons. The van der Waals surface area contributed by atoms with Crippen molar-refractivity contribution in [1.29, 1.82) is 0 Å². The zero-order chi connectivity index (χ0) is 20.1. The number of nitrogens with zero attached hydrogens (tertiary/aromatic N) is 1. The van der Waals surface area contributed by atoms with Crippen molar-refractivity contribution in [3.05, 3.63) is 45.7 Å². The number of unbranched alkanes of at least 4 members (excludes halogenated alkanes) is 1. The van der Waals surface area contributed by atoms with Gasteiger partial charge in [0, 0.05) is 18.5 Å². The molecule has 5 rings (SSSR count). The summed E-state index contributed by atoms with van der Waals surface area (Å²) in [5.74, 6) is 2.69. The van der Waals surface area contributed by atoms with Crippen molar-refractivity contribution >= 4 is 10.8 Å². The molecular formula is C23H23NO5. The summed E-state index contributed by atoms with van der Waals surface area (Å²) in [4.78, 5) is 13.5. The third-order valence-corrected chi connectivity index (χ3v) is 5.84. The maximum absolute atomic E-state index is 13.5. The van der Waals surface area contributed by atoms with E-state index >= 15 is 0 Å². The SMILES string of the molecule is CCCCn1c2c(c3cc(OC)c(OC)cc3c1=O)Cc1cc3c(cc1-2)OCO3. The Kier molecular flexibility index (Phi) is 4.15. The van der Waals surface area contributed by atoms with Crippen molar-refractivity contribution in [1.82, 2.24) is 4.57 Å². The minimum absolute atomic E-state index is 0.00123. The van der Waals surface area contributed by atoms with E-state index in [0.717, 1.165) is 58.5 Å². The lowest BCUT2D eigenvalue weighted by molar-refractivity contribution is 0.174. The fourth-order valence-electron chi connectivity index (χ4n) is 4.40. The van der Waals surface area contributed by atoms with Gasteiger partial charge in [-0.3, -0.25) is 4.79 Å². The van der Waals surface area contributed by atoms with Gasteiger partial charge in [0.2, 0.25) is 6.79 Å². The summed E-state index contributed by atoms with van der Waals surface area (Å²) in [6.45, 7) is 3.05. The molecule has 0 saturated heterocycles. The fraction of sp³-hybridized carbons (Fsp3) is 0.348. The molecule has 1 aromatic heterocycles. The first kappa shape index (κ1) is 17.9. The van der Waals surface area contributed by atoms with E-state index in [0.29, 0.717) is 23.4 Å². The van der Waals surface area contributed by atoms with Gasteiger partial charge in [-0.2, -0.15) is 0 Å². The lowest BCUT2D eigenvalue weighted by Crippen LogP contribution is -2.23. The first-order valence-corrected chi connectivity index (χ1v) is 9.90. The molecule has 1 aliphatic carbocycles. The van der Waals surface area contributed by atoms with Gasteiger partial charge in [-0.05, 0) is 47.2 Å².